The molecule has 1 aliphatic rings. The fourth-order valence-electron chi connectivity index (χ4n) is 2.43. The first-order valence-corrected chi connectivity index (χ1v) is 6.13. The Balaban J connectivity index is 2.24. The summed E-state index contributed by atoms with van der Waals surface area (Å²) in [6, 6.07) is 4.35. The number of benzene rings is 1. The van der Waals surface area contributed by atoms with Crippen molar-refractivity contribution in [2.75, 3.05) is 13.2 Å². The predicted octanol–water partition coefficient (Wildman–Crippen LogP) is 1.88. The zero-order chi connectivity index (χ0) is 11.8. The fourth-order valence-corrected chi connectivity index (χ4v) is 2.43. The number of rotatable bonds is 2. The number of nitrogens with two attached hydrogens (primary N) is 1. The summed E-state index contributed by atoms with van der Waals surface area (Å²) in [6.45, 7) is 3.51. The maximum Gasteiger partial charge on any atom is 0.124 e. The molecule has 2 N–H and O–H groups in total. The number of hydrogen-bond acceptors (Lipinski definition) is 3. The maximum atomic E-state index is 5.74. The van der Waals surface area contributed by atoms with Crippen LogP contribution in [0.2, 0.25) is 0 Å². The van der Waals surface area contributed by atoms with Crippen molar-refractivity contribution in [3.05, 3.63) is 23.9 Å². The Morgan fingerprint density at radius 1 is 1.53 bits per heavy atom. The molecule has 0 saturated heterocycles. The SMILES string of the molecule is C[C@@H](CN)n1ncc2ccc3c(c21)CCCO3. The van der Waals surface area contributed by atoms with E-state index in [0.29, 0.717) is 6.54 Å². The molecule has 0 saturated carbocycles. The predicted molar refractivity (Wildman–Crippen MR) is 67.3 cm³/mol. The van der Waals surface area contributed by atoms with E-state index in [1.54, 1.807) is 0 Å². The maximum absolute atomic E-state index is 5.74. The van der Waals surface area contributed by atoms with E-state index in [4.69, 9.17) is 10.5 Å². The van der Waals surface area contributed by atoms with Crippen molar-refractivity contribution in [1.82, 2.24) is 9.78 Å². The molecule has 2 heterocycles. The van der Waals surface area contributed by atoms with Crippen molar-refractivity contribution < 1.29 is 4.74 Å². The van der Waals surface area contributed by atoms with Gasteiger partial charge in [-0.2, -0.15) is 5.10 Å². The Kier molecular flexibility index (Phi) is 2.52. The highest BCUT2D eigenvalue weighted by Crippen LogP contribution is 2.32. The third kappa shape index (κ3) is 1.60. The van der Waals surface area contributed by atoms with Crippen LogP contribution in [0.4, 0.5) is 0 Å². The highest BCUT2D eigenvalue weighted by Gasteiger charge is 2.18. The van der Waals surface area contributed by atoms with E-state index < -0.39 is 0 Å². The topological polar surface area (TPSA) is 53.1 Å². The van der Waals surface area contributed by atoms with Crippen LogP contribution in [-0.2, 0) is 6.42 Å². The monoisotopic (exact) mass is 231 g/mol. The van der Waals surface area contributed by atoms with Gasteiger partial charge in [0.1, 0.15) is 5.75 Å². The molecule has 0 aliphatic carbocycles. The van der Waals surface area contributed by atoms with Gasteiger partial charge in [-0.1, -0.05) is 0 Å². The number of ether oxygens (including phenoxy) is 1. The van der Waals surface area contributed by atoms with Crippen molar-refractivity contribution >= 4 is 10.9 Å². The van der Waals surface area contributed by atoms with Gasteiger partial charge in [0.2, 0.25) is 0 Å². The van der Waals surface area contributed by atoms with Crippen LogP contribution in [0.1, 0.15) is 24.9 Å². The van der Waals surface area contributed by atoms with E-state index in [-0.39, 0.29) is 6.04 Å². The summed E-state index contributed by atoms with van der Waals surface area (Å²) in [7, 11) is 0. The number of aryl methyl sites for hydroxylation is 1. The van der Waals surface area contributed by atoms with E-state index >= 15 is 0 Å². The molecule has 4 heteroatoms. The van der Waals surface area contributed by atoms with Gasteiger partial charge >= 0.3 is 0 Å². The molecule has 1 aromatic heterocycles. The minimum Gasteiger partial charge on any atom is -0.493 e. The van der Waals surface area contributed by atoms with Crippen LogP contribution in [0.5, 0.6) is 5.75 Å². The van der Waals surface area contributed by atoms with Gasteiger partial charge in [-0.15, -0.1) is 0 Å². The molecule has 0 amide bonds. The molecule has 0 radical (unpaired) electrons. The summed E-state index contributed by atoms with van der Waals surface area (Å²) in [5, 5.41) is 5.63. The fraction of sp³-hybridized carbons (Fsp3) is 0.462. The van der Waals surface area contributed by atoms with Crippen LogP contribution in [0, 0.1) is 0 Å². The number of fused-ring (bicyclic) bond motifs is 3. The van der Waals surface area contributed by atoms with Crippen molar-refractivity contribution in [3.8, 4) is 5.75 Å². The Bertz CT molecular complexity index is 547. The van der Waals surface area contributed by atoms with Gasteiger partial charge in [0.15, 0.2) is 0 Å². The molecule has 4 nitrogen and oxygen atoms in total. The smallest absolute Gasteiger partial charge is 0.124 e. The summed E-state index contributed by atoms with van der Waals surface area (Å²) in [5.74, 6) is 1.01. The molecule has 0 bridgehead atoms. The third-order valence-corrected chi connectivity index (χ3v) is 3.41. The lowest BCUT2D eigenvalue weighted by molar-refractivity contribution is 0.289. The second kappa shape index (κ2) is 4.04. The molecule has 0 fully saturated rings. The first-order chi connectivity index (χ1) is 8.31. The van der Waals surface area contributed by atoms with Gasteiger partial charge in [0.25, 0.3) is 0 Å². The zero-order valence-corrected chi connectivity index (χ0v) is 10.0. The first kappa shape index (κ1) is 10.6. The molecule has 90 valence electrons. The molecule has 1 aromatic carbocycles. The van der Waals surface area contributed by atoms with E-state index in [0.717, 1.165) is 25.2 Å². The summed E-state index contributed by atoms with van der Waals surface area (Å²) in [4.78, 5) is 0. The van der Waals surface area contributed by atoms with Crippen LogP contribution >= 0.6 is 0 Å². The Morgan fingerprint density at radius 2 is 2.41 bits per heavy atom. The molecular formula is C13H17N3O. The second-order valence-corrected chi connectivity index (χ2v) is 4.61. The summed E-state index contributed by atoms with van der Waals surface area (Å²) in [6.07, 6.45) is 4.06. The highest BCUT2D eigenvalue weighted by molar-refractivity contribution is 5.84. The molecule has 17 heavy (non-hydrogen) atoms. The van der Waals surface area contributed by atoms with Crippen molar-refractivity contribution in [2.24, 2.45) is 5.73 Å². The molecular weight excluding hydrogens is 214 g/mol. The summed E-state index contributed by atoms with van der Waals surface area (Å²) < 4.78 is 7.73. The van der Waals surface area contributed by atoms with Gasteiger partial charge < -0.3 is 10.5 Å². The van der Waals surface area contributed by atoms with Gasteiger partial charge in [-0.05, 0) is 31.9 Å². The Labute approximate surface area is 100 Å². The lowest BCUT2D eigenvalue weighted by Gasteiger charge is -2.20. The normalized spacial score (nSPS) is 16.6. The summed E-state index contributed by atoms with van der Waals surface area (Å²) >= 11 is 0. The van der Waals surface area contributed by atoms with Gasteiger partial charge in [-0.3, -0.25) is 4.68 Å². The van der Waals surface area contributed by atoms with E-state index in [9.17, 15) is 0 Å². The number of aromatic nitrogens is 2. The Hall–Kier alpha value is -1.55. The summed E-state index contributed by atoms with van der Waals surface area (Å²) in [5.41, 5.74) is 8.22. The van der Waals surface area contributed by atoms with Crippen molar-refractivity contribution in [1.29, 1.82) is 0 Å². The van der Waals surface area contributed by atoms with Crippen molar-refractivity contribution in [3.63, 3.8) is 0 Å². The van der Waals surface area contributed by atoms with Crippen LogP contribution in [0.25, 0.3) is 10.9 Å². The minimum absolute atomic E-state index is 0.223. The first-order valence-electron chi connectivity index (χ1n) is 6.13. The standard InChI is InChI=1S/C13H17N3O/c1-9(7-14)16-13-10(8-15-16)4-5-12-11(13)3-2-6-17-12/h4-5,8-9H,2-3,6-7,14H2,1H3/t9-/m0/s1. The van der Waals surface area contributed by atoms with Gasteiger partial charge in [0.05, 0.1) is 24.4 Å². The molecule has 3 rings (SSSR count). The quantitative estimate of drug-likeness (QED) is 0.858. The lowest BCUT2D eigenvalue weighted by Crippen LogP contribution is -2.18. The molecule has 1 aliphatic heterocycles. The molecule has 1 atom stereocenters. The highest BCUT2D eigenvalue weighted by atomic mass is 16.5. The van der Waals surface area contributed by atoms with E-state index in [2.05, 4.69) is 24.2 Å². The van der Waals surface area contributed by atoms with Gasteiger partial charge in [0, 0.05) is 17.5 Å². The third-order valence-electron chi connectivity index (χ3n) is 3.41. The van der Waals surface area contributed by atoms with Crippen LogP contribution in [0.15, 0.2) is 18.3 Å². The van der Waals surface area contributed by atoms with Crippen LogP contribution in [0.3, 0.4) is 0 Å². The van der Waals surface area contributed by atoms with Crippen molar-refractivity contribution in [2.45, 2.75) is 25.8 Å². The second-order valence-electron chi connectivity index (χ2n) is 4.61. The minimum atomic E-state index is 0.223. The largest absolute Gasteiger partial charge is 0.493 e. The van der Waals surface area contributed by atoms with E-state index in [1.807, 2.05) is 10.9 Å². The molecule has 2 aromatic rings. The average Bonchev–Trinajstić information content (AvgIpc) is 2.82. The molecule has 0 unspecified atom stereocenters. The van der Waals surface area contributed by atoms with Gasteiger partial charge in [-0.25, -0.2) is 0 Å². The van der Waals surface area contributed by atoms with Crippen LogP contribution in [-0.4, -0.2) is 22.9 Å². The average molecular weight is 231 g/mol. The lowest BCUT2D eigenvalue weighted by atomic mass is 10.0. The number of hydrogen-bond donors (Lipinski definition) is 1. The Morgan fingerprint density at radius 3 is 3.24 bits per heavy atom. The zero-order valence-electron chi connectivity index (χ0n) is 10.0. The number of nitrogens with zero attached hydrogens (tertiary/aromatic N) is 2. The molecule has 0 spiro atoms. The van der Waals surface area contributed by atoms with Crippen LogP contribution < -0.4 is 10.5 Å². The van der Waals surface area contributed by atoms with E-state index in [1.165, 1.54) is 16.5 Å².